The van der Waals surface area contributed by atoms with E-state index in [2.05, 4.69) is 9.98 Å². The zero-order valence-corrected chi connectivity index (χ0v) is 15.3. The van der Waals surface area contributed by atoms with Crippen LogP contribution in [0.4, 0.5) is 0 Å². The predicted octanol–water partition coefficient (Wildman–Crippen LogP) is 3.27. The fourth-order valence-corrected chi connectivity index (χ4v) is 2.63. The number of nitrogens with zero attached hydrogens (tertiary/aromatic N) is 2. The van der Waals surface area contributed by atoms with Gasteiger partial charge in [-0.1, -0.05) is 0 Å². The summed E-state index contributed by atoms with van der Waals surface area (Å²) in [4.78, 5) is 30.4. The van der Waals surface area contributed by atoms with Gasteiger partial charge in [-0.15, -0.1) is 0 Å². The van der Waals surface area contributed by atoms with Crippen LogP contribution < -0.4 is 0 Å². The van der Waals surface area contributed by atoms with E-state index in [9.17, 15) is 19.8 Å². The summed E-state index contributed by atoms with van der Waals surface area (Å²) in [5.74, 6) is -0.142. The van der Waals surface area contributed by atoms with Crippen molar-refractivity contribution in [3.8, 4) is 11.5 Å². The van der Waals surface area contributed by atoms with Crippen molar-refractivity contribution in [2.45, 2.75) is 20.3 Å². The third-order valence-electron chi connectivity index (χ3n) is 3.92. The quantitative estimate of drug-likeness (QED) is 0.425. The summed E-state index contributed by atoms with van der Waals surface area (Å²) >= 11 is 0. The highest BCUT2D eigenvalue weighted by molar-refractivity contribution is 5.91. The van der Waals surface area contributed by atoms with Crippen molar-refractivity contribution in [3.05, 3.63) is 57.6 Å². The number of aldehydes is 2. The Morgan fingerprint density at radius 1 is 0.741 bits per heavy atom. The van der Waals surface area contributed by atoms with Gasteiger partial charge in [0.1, 0.15) is 11.5 Å². The number of benzene rings is 2. The first-order chi connectivity index (χ1) is 13.0. The van der Waals surface area contributed by atoms with Crippen LogP contribution in [0.25, 0.3) is 0 Å². The zero-order chi connectivity index (χ0) is 19.8. The molecule has 0 aliphatic heterocycles. The zero-order valence-electron chi connectivity index (χ0n) is 15.3. The van der Waals surface area contributed by atoms with Crippen LogP contribution in [0.1, 0.15) is 49.4 Å². The molecular formula is C21H22N2O4. The van der Waals surface area contributed by atoms with E-state index in [0.29, 0.717) is 43.2 Å². The number of hydrogen-bond donors (Lipinski definition) is 2. The molecule has 2 aromatic carbocycles. The molecule has 0 spiro atoms. The van der Waals surface area contributed by atoms with Gasteiger partial charge in [-0.25, -0.2) is 0 Å². The van der Waals surface area contributed by atoms with E-state index in [1.165, 1.54) is 0 Å². The van der Waals surface area contributed by atoms with Gasteiger partial charge in [-0.05, 0) is 55.7 Å². The molecule has 0 atom stereocenters. The third-order valence-corrected chi connectivity index (χ3v) is 3.92. The summed E-state index contributed by atoms with van der Waals surface area (Å²) in [5.41, 5.74) is 3.24. The minimum Gasteiger partial charge on any atom is -0.507 e. The Labute approximate surface area is 157 Å². The Bertz CT molecular complexity index is 828. The molecule has 0 saturated carbocycles. The number of aryl methyl sites for hydroxylation is 2. The molecule has 0 heterocycles. The number of hydrogen-bond acceptors (Lipinski definition) is 6. The Morgan fingerprint density at radius 3 is 1.48 bits per heavy atom. The van der Waals surface area contributed by atoms with Gasteiger partial charge >= 0.3 is 0 Å². The van der Waals surface area contributed by atoms with Crippen molar-refractivity contribution in [1.29, 1.82) is 0 Å². The molecule has 0 aliphatic carbocycles. The summed E-state index contributed by atoms with van der Waals surface area (Å²) in [6.07, 6.45) is 4.99. The normalized spacial score (nSPS) is 11.3. The first kappa shape index (κ1) is 20.0. The predicted molar refractivity (Wildman–Crippen MR) is 106 cm³/mol. The number of phenolic OH excluding ortho intramolecular Hbond substituents is 2. The second-order valence-electron chi connectivity index (χ2n) is 6.24. The number of carbonyl (C=O) groups is 2. The van der Waals surface area contributed by atoms with Crippen LogP contribution in [0.15, 0.2) is 34.3 Å². The first-order valence-corrected chi connectivity index (χ1v) is 8.53. The molecule has 0 aromatic heterocycles. The maximum atomic E-state index is 10.9. The summed E-state index contributed by atoms with van der Waals surface area (Å²) in [6, 6.07) is 6.75. The molecule has 0 saturated heterocycles. The van der Waals surface area contributed by atoms with Crippen LogP contribution in [-0.2, 0) is 0 Å². The Morgan fingerprint density at radius 2 is 1.11 bits per heavy atom. The van der Waals surface area contributed by atoms with Crippen LogP contribution in [0.3, 0.4) is 0 Å². The molecule has 2 aromatic rings. The maximum absolute atomic E-state index is 10.9. The summed E-state index contributed by atoms with van der Waals surface area (Å²) < 4.78 is 0. The molecule has 2 rings (SSSR count). The van der Waals surface area contributed by atoms with Gasteiger partial charge < -0.3 is 10.2 Å². The lowest BCUT2D eigenvalue weighted by Crippen LogP contribution is -1.94. The Hall–Kier alpha value is -3.28. The van der Waals surface area contributed by atoms with Crippen molar-refractivity contribution in [2.75, 3.05) is 13.1 Å². The lowest BCUT2D eigenvalue weighted by atomic mass is 10.1. The van der Waals surface area contributed by atoms with Crippen molar-refractivity contribution in [1.82, 2.24) is 0 Å². The summed E-state index contributed by atoms with van der Waals surface area (Å²) in [5, 5.41) is 20.0. The van der Waals surface area contributed by atoms with Crippen molar-refractivity contribution in [2.24, 2.45) is 9.98 Å². The number of aliphatic imine (C=N–C) groups is 2. The smallest absolute Gasteiger partial charge is 0.153 e. The molecule has 0 aliphatic rings. The van der Waals surface area contributed by atoms with Crippen LogP contribution >= 0.6 is 0 Å². The minimum absolute atomic E-state index is 0.0710. The fourth-order valence-electron chi connectivity index (χ4n) is 2.63. The van der Waals surface area contributed by atoms with Crippen molar-refractivity contribution < 1.29 is 19.8 Å². The largest absolute Gasteiger partial charge is 0.507 e. The molecule has 0 bridgehead atoms. The fraction of sp³-hybridized carbons (Fsp3) is 0.238. The number of carbonyl (C=O) groups excluding carboxylic acids is 2. The Balaban J connectivity index is 1.91. The minimum atomic E-state index is -0.0710. The first-order valence-electron chi connectivity index (χ1n) is 8.53. The molecule has 0 amide bonds. The van der Waals surface area contributed by atoms with E-state index >= 15 is 0 Å². The van der Waals surface area contributed by atoms with Crippen molar-refractivity contribution in [3.63, 3.8) is 0 Å². The van der Waals surface area contributed by atoms with Gasteiger partial charge in [-0.2, -0.15) is 0 Å². The molecule has 0 unspecified atom stereocenters. The average Bonchev–Trinajstić information content (AvgIpc) is 2.65. The molecule has 0 radical (unpaired) electrons. The van der Waals surface area contributed by atoms with Gasteiger partial charge in [0.15, 0.2) is 12.6 Å². The standard InChI is InChI=1S/C21H22N2O4/c1-14-6-16(20(26)18(8-14)12-24)10-22-4-3-5-23-11-17-7-15(2)9-19(13-25)21(17)27/h6-13,26-27H,3-5H2,1-2H3/b22-10+,23-11+. The molecular weight excluding hydrogens is 344 g/mol. The molecule has 6 heteroatoms. The van der Waals surface area contributed by atoms with Crippen LogP contribution in [0, 0.1) is 13.8 Å². The topological polar surface area (TPSA) is 99.3 Å². The summed E-state index contributed by atoms with van der Waals surface area (Å²) in [7, 11) is 0. The highest BCUT2D eigenvalue weighted by Crippen LogP contribution is 2.22. The van der Waals surface area contributed by atoms with Gasteiger partial charge in [0, 0.05) is 36.6 Å². The molecule has 6 nitrogen and oxygen atoms in total. The van der Waals surface area contributed by atoms with E-state index < -0.39 is 0 Å². The maximum Gasteiger partial charge on any atom is 0.153 e. The van der Waals surface area contributed by atoms with Crippen molar-refractivity contribution >= 4 is 25.0 Å². The lowest BCUT2D eigenvalue weighted by Gasteiger charge is -2.04. The third kappa shape index (κ3) is 5.34. The highest BCUT2D eigenvalue weighted by atomic mass is 16.3. The van der Waals surface area contributed by atoms with E-state index in [4.69, 9.17) is 0 Å². The van der Waals surface area contributed by atoms with Crippen LogP contribution in [0.5, 0.6) is 11.5 Å². The van der Waals surface area contributed by atoms with Gasteiger partial charge in [-0.3, -0.25) is 19.6 Å². The van der Waals surface area contributed by atoms with Crippen LogP contribution in [0.2, 0.25) is 0 Å². The molecule has 27 heavy (non-hydrogen) atoms. The monoisotopic (exact) mass is 366 g/mol. The van der Waals surface area contributed by atoms with Gasteiger partial charge in [0.05, 0.1) is 11.1 Å². The van der Waals surface area contributed by atoms with E-state index in [1.807, 2.05) is 13.8 Å². The number of aromatic hydroxyl groups is 2. The van der Waals surface area contributed by atoms with E-state index in [-0.39, 0.29) is 22.6 Å². The average molecular weight is 366 g/mol. The van der Waals surface area contributed by atoms with E-state index in [1.54, 1.807) is 36.7 Å². The number of phenols is 2. The molecule has 2 N–H and O–H groups in total. The van der Waals surface area contributed by atoms with Gasteiger partial charge in [0.2, 0.25) is 0 Å². The van der Waals surface area contributed by atoms with Gasteiger partial charge in [0.25, 0.3) is 0 Å². The molecule has 140 valence electrons. The number of rotatable bonds is 8. The lowest BCUT2D eigenvalue weighted by molar-refractivity contribution is 0.111. The Kier molecular flexibility index (Phi) is 7.00. The molecule has 0 fully saturated rings. The SMILES string of the molecule is Cc1cc(C=O)c(O)c(/C=N/CCC/N=C/c2cc(C)cc(C=O)c2O)c1. The highest BCUT2D eigenvalue weighted by Gasteiger charge is 2.07. The second kappa shape index (κ2) is 9.43. The van der Waals surface area contributed by atoms with Crippen LogP contribution in [-0.4, -0.2) is 48.3 Å². The summed E-state index contributed by atoms with van der Waals surface area (Å²) in [6.45, 7) is 4.69. The second-order valence-corrected chi connectivity index (χ2v) is 6.24. The van der Waals surface area contributed by atoms with E-state index in [0.717, 1.165) is 11.1 Å².